The first-order chi connectivity index (χ1) is 12.6. The monoisotopic (exact) mass is 369 g/mol. The van der Waals surface area contributed by atoms with E-state index in [4.69, 9.17) is 16.0 Å². The van der Waals surface area contributed by atoms with Crippen LogP contribution >= 0.6 is 11.6 Å². The fourth-order valence-corrected chi connectivity index (χ4v) is 3.18. The molecule has 1 aliphatic heterocycles. The van der Waals surface area contributed by atoms with Crippen LogP contribution in [0.25, 0.3) is 11.1 Å². The summed E-state index contributed by atoms with van der Waals surface area (Å²) in [6, 6.07) is 12.1. The van der Waals surface area contributed by atoms with Gasteiger partial charge in [-0.2, -0.15) is 0 Å². The maximum absolute atomic E-state index is 12.7. The zero-order chi connectivity index (χ0) is 18.1. The first-order valence-electron chi connectivity index (χ1n) is 8.29. The Hall–Kier alpha value is -2.86. The summed E-state index contributed by atoms with van der Waals surface area (Å²) in [7, 11) is 0. The van der Waals surface area contributed by atoms with Gasteiger partial charge in [-0.15, -0.1) is 0 Å². The molecule has 26 heavy (non-hydrogen) atoms. The Morgan fingerprint density at radius 3 is 2.12 bits per heavy atom. The summed E-state index contributed by atoms with van der Waals surface area (Å²) in [6.45, 7) is 1.98. The number of aromatic nitrogens is 1. The number of hydrogen-bond donors (Lipinski definition) is 0. The minimum atomic E-state index is -0.0677. The normalized spacial score (nSPS) is 14.7. The van der Waals surface area contributed by atoms with E-state index in [0.717, 1.165) is 5.52 Å². The van der Waals surface area contributed by atoms with Crippen LogP contribution in [0.15, 0.2) is 53.3 Å². The van der Waals surface area contributed by atoms with Gasteiger partial charge in [0.2, 0.25) is 0 Å². The number of fused-ring (bicyclic) bond motifs is 1. The van der Waals surface area contributed by atoms with Crippen molar-refractivity contribution in [1.82, 2.24) is 14.8 Å². The molecule has 0 unspecified atom stereocenters. The van der Waals surface area contributed by atoms with Crippen molar-refractivity contribution in [3.05, 3.63) is 65.0 Å². The van der Waals surface area contributed by atoms with Gasteiger partial charge >= 0.3 is 0 Å². The largest absolute Gasteiger partial charge is 0.443 e. The van der Waals surface area contributed by atoms with E-state index in [-0.39, 0.29) is 11.8 Å². The average molecular weight is 370 g/mol. The van der Waals surface area contributed by atoms with Crippen molar-refractivity contribution in [1.29, 1.82) is 0 Å². The Bertz CT molecular complexity index is 960. The molecule has 0 bridgehead atoms. The minimum Gasteiger partial charge on any atom is -0.443 e. The smallest absolute Gasteiger partial charge is 0.254 e. The molecule has 3 aromatic rings. The quantitative estimate of drug-likeness (QED) is 0.696. The Morgan fingerprint density at radius 1 is 0.885 bits per heavy atom. The van der Waals surface area contributed by atoms with Gasteiger partial charge in [-0.1, -0.05) is 11.6 Å². The number of carbonyl (C=O) groups is 2. The molecular weight excluding hydrogens is 354 g/mol. The van der Waals surface area contributed by atoms with Gasteiger partial charge in [0.1, 0.15) is 5.52 Å². The molecule has 0 spiro atoms. The van der Waals surface area contributed by atoms with Crippen molar-refractivity contribution >= 4 is 34.5 Å². The summed E-state index contributed by atoms with van der Waals surface area (Å²) < 4.78 is 5.26. The number of hydrogen-bond acceptors (Lipinski definition) is 4. The third-order valence-corrected chi connectivity index (χ3v) is 4.78. The number of amides is 2. The molecule has 1 fully saturated rings. The van der Waals surface area contributed by atoms with Crippen molar-refractivity contribution in [3.8, 4) is 0 Å². The van der Waals surface area contributed by atoms with Crippen LogP contribution < -0.4 is 0 Å². The Labute approximate surface area is 155 Å². The second-order valence-electron chi connectivity index (χ2n) is 6.13. The lowest BCUT2D eigenvalue weighted by Gasteiger charge is -2.34. The second kappa shape index (κ2) is 6.80. The molecule has 0 saturated carbocycles. The second-order valence-corrected chi connectivity index (χ2v) is 6.56. The van der Waals surface area contributed by atoms with E-state index in [2.05, 4.69) is 4.98 Å². The zero-order valence-electron chi connectivity index (χ0n) is 13.9. The van der Waals surface area contributed by atoms with Gasteiger partial charge < -0.3 is 14.2 Å². The molecule has 2 heterocycles. The highest BCUT2D eigenvalue weighted by atomic mass is 35.5. The molecule has 0 aliphatic carbocycles. The maximum Gasteiger partial charge on any atom is 0.254 e. The number of nitrogens with zero attached hydrogens (tertiary/aromatic N) is 3. The summed E-state index contributed by atoms with van der Waals surface area (Å²) in [5, 5.41) is 0.598. The maximum atomic E-state index is 12.7. The molecule has 1 aromatic heterocycles. The van der Waals surface area contributed by atoms with Gasteiger partial charge in [-0.25, -0.2) is 4.98 Å². The van der Waals surface area contributed by atoms with E-state index in [0.29, 0.717) is 47.9 Å². The third-order valence-electron chi connectivity index (χ3n) is 4.52. The van der Waals surface area contributed by atoms with E-state index in [1.807, 2.05) is 0 Å². The van der Waals surface area contributed by atoms with Gasteiger partial charge in [0, 0.05) is 42.3 Å². The van der Waals surface area contributed by atoms with Crippen molar-refractivity contribution in [2.75, 3.05) is 26.2 Å². The van der Waals surface area contributed by atoms with Crippen LogP contribution in [-0.4, -0.2) is 52.8 Å². The van der Waals surface area contributed by atoms with Crippen LogP contribution in [0.2, 0.25) is 5.02 Å². The highest BCUT2D eigenvalue weighted by Crippen LogP contribution is 2.18. The van der Waals surface area contributed by atoms with E-state index in [1.165, 1.54) is 6.39 Å². The van der Waals surface area contributed by atoms with Gasteiger partial charge in [0.25, 0.3) is 11.8 Å². The molecule has 2 amide bonds. The molecule has 132 valence electrons. The average Bonchev–Trinajstić information content (AvgIpc) is 3.15. The summed E-state index contributed by atoms with van der Waals surface area (Å²) >= 11 is 5.86. The van der Waals surface area contributed by atoms with Crippen molar-refractivity contribution < 1.29 is 14.0 Å². The predicted molar refractivity (Wildman–Crippen MR) is 97.3 cm³/mol. The van der Waals surface area contributed by atoms with Gasteiger partial charge in [0.15, 0.2) is 12.0 Å². The van der Waals surface area contributed by atoms with Crippen molar-refractivity contribution in [2.45, 2.75) is 0 Å². The van der Waals surface area contributed by atoms with Crippen LogP contribution in [0.4, 0.5) is 0 Å². The van der Waals surface area contributed by atoms with E-state index in [9.17, 15) is 9.59 Å². The lowest BCUT2D eigenvalue weighted by atomic mass is 10.1. The molecule has 0 radical (unpaired) electrons. The standard InChI is InChI=1S/C19H16ClN3O3/c20-15-4-1-13(2-5-15)18(24)22-7-9-23(10-8-22)19(25)14-3-6-16-17(11-14)26-12-21-16/h1-6,11-12H,7-10H2. The Morgan fingerprint density at radius 2 is 1.46 bits per heavy atom. The molecule has 1 saturated heterocycles. The molecule has 6 nitrogen and oxygen atoms in total. The molecule has 0 N–H and O–H groups in total. The molecule has 1 aliphatic rings. The zero-order valence-corrected chi connectivity index (χ0v) is 14.6. The van der Waals surface area contributed by atoms with Gasteiger partial charge in [0.05, 0.1) is 0 Å². The number of halogens is 1. The third kappa shape index (κ3) is 3.15. The lowest BCUT2D eigenvalue weighted by Crippen LogP contribution is -2.50. The molecular formula is C19H16ClN3O3. The highest BCUT2D eigenvalue weighted by Gasteiger charge is 2.25. The van der Waals surface area contributed by atoms with Crippen molar-refractivity contribution in [2.24, 2.45) is 0 Å². The van der Waals surface area contributed by atoms with Crippen LogP contribution in [0.5, 0.6) is 0 Å². The number of piperazine rings is 1. The van der Waals surface area contributed by atoms with Crippen LogP contribution in [0.1, 0.15) is 20.7 Å². The molecule has 2 aromatic carbocycles. The summed E-state index contributed by atoms with van der Waals surface area (Å²) in [6.07, 6.45) is 1.36. The summed E-state index contributed by atoms with van der Waals surface area (Å²) in [5.74, 6) is -0.112. The van der Waals surface area contributed by atoms with Crippen LogP contribution in [0, 0.1) is 0 Å². The summed E-state index contributed by atoms with van der Waals surface area (Å²) in [5.41, 5.74) is 2.48. The predicted octanol–water partition coefficient (Wildman–Crippen LogP) is 3.08. The SMILES string of the molecule is O=C(c1ccc(Cl)cc1)N1CCN(C(=O)c2ccc3ncoc3c2)CC1. The number of oxazole rings is 1. The van der Waals surface area contributed by atoms with Crippen molar-refractivity contribution in [3.63, 3.8) is 0 Å². The van der Waals surface area contributed by atoms with E-state index in [1.54, 1.807) is 52.3 Å². The molecule has 4 rings (SSSR count). The number of benzene rings is 2. The number of rotatable bonds is 2. The van der Waals surface area contributed by atoms with E-state index >= 15 is 0 Å². The van der Waals surface area contributed by atoms with E-state index < -0.39 is 0 Å². The minimum absolute atomic E-state index is 0.0446. The fourth-order valence-electron chi connectivity index (χ4n) is 3.06. The van der Waals surface area contributed by atoms with Crippen LogP contribution in [0.3, 0.4) is 0 Å². The Kier molecular flexibility index (Phi) is 4.34. The van der Waals surface area contributed by atoms with Gasteiger partial charge in [-0.05, 0) is 42.5 Å². The van der Waals surface area contributed by atoms with Gasteiger partial charge in [-0.3, -0.25) is 9.59 Å². The fraction of sp³-hybridized carbons (Fsp3) is 0.211. The highest BCUT2D eigenvalue weighted by molar-refractivity contribution is 6.30. The first kappa shape index (κ1) is 16.6. The lowest BCUT2D eigenvalue weighted by molar-refractivity contribution is 0.0535. The topological polar surface area (TPSA) is 66.7 Å². The van der Waals surface area contributed by atoms with Crippen LogP contribution in [-0.2, 0) is 0 Å². The molecule has 0 atom stereocenters. The Balaban J connectivity index is 1.41. The number of carbonyl (C=O) groups excluding carboxylic acids is 2. The first-order valence-corrected chi connectivity index (χ1v) is 8.67. The molecule has 7 heteroatoms. The summed E-state index contributed by atoms with van der Waals surface area (Å²) in [4.78, 5) is 32.8.